The highest BCUT2D eigenvalue weighted by molar-refractivity contribution is 7.90. The summed E-state index contributed by atoms with van der Waals surface area (Å²) in [5.74, 6) is -1.27. The first kappa shape index (κ1) is 18.6. The van der Waals surface area contributed by atoms with Crippen LogP contribution in [0, 0.1) is 12.7 Å². The molecule has 0 saturated carbocycles. The van der Waals surface area contributed by atoms with Gasteiger partial charge in [-0.3, -0.25) is 9.36 Å². The Bertz CT molecular complexity index is 1150. The lowest BCUT2D eigenvalue weighted by Gasteiger charge is -2.07. The monoisotopic (exact) mass is 389 g/mol. The van der Waals surface area contributed by atoms with Crippen LogP contribution in [-0.4, -0.2) is 22.9 Å². The van der Waals surface area contributed by atoms with Crippen molar-refractivity contribution in [2.45, 2.75) is 18.4 Å². The summed E-state index contributed by atoms with van der Waals surface area (Å²) in [7, 11) is -4.08. The predicted molar refractivity (Wildman–Crippen MR) is 97.5 cm³/mol. The molecule has 0 aliphatic carbocycles. The fraction of sp³-hybridized carbons (Fsp3) is 0.111. The van der Waals surface area contributed by atoms with Crippen LogP contribution in [-0.2, 0) is 21.4 Å². The summed E-state index contributed by atoms with van der Waals surface area (Å²) in [6, 6.07) is 11.6. The van der Waals surface area contributed by atoms with Gasteiger partial charge in [0.2, 0.25) is 5.91 Å². The number of nitrogens with zero attached hydrogens (tertiary/aromatic N) is 2. The first-order chi connectivity index (χ1) is 12.8. The zero-order valence-electron chi connectivity index (χ0n) is 14.3. The van der Waals surface area contributed by atoms with E-state index >= 15 is 0 Å². The largest absolute Gasteiger partial charge is 0.342 e. The van der Waals surface area contributed by atoms with Gasteiger partial charge < -0.3 is 5.32 Å². The average Bonchev–Trinajstić information content (AvgIpc) is 2.98. The maximum absolute atomic E-state index is 13.6. The van der Waals surface area contributed by atoms with Crippen molar-refractivity contribution in [2.24, 2.45) is 0 Å². The van der Waals surface area contributed by atoms with Crippen LogP contribution in [0.1, 0.15) is 5.56 Å². The number of hydrogen-bond donors (Lipinski definition) is 1. The number of nitrogens with one attached hydrogen (secondary N) is 1. The molecule has 2 aromatic carbocycles. The van der Waals surface area contributed by atoms with E-state index in [2.05, 4.69) is 5.32 Å². The van der Waals surface area contributed by atoms with Gasteiger partial charge in [-0.2, -0.15) is 3.97 Å². The second-order valence-corrected chi connectivity index (χ2v) is 7.67. The van der Waals surface area contributed by atoms with E-state index in [0.29, 0.717) is 3.97 Å². The normalized spacial score (nSPS) is 11.3. The smallest absolute Gasteiger partial charge is 0.322 e. The molecule has 0 atom stereocenters. The van der Waals surface area contributed by atoms with Crippen LogP contribution in [0.5, 0.6) is 0 Å². The number of hydrogen-bond acceptors (Lipinski definition) is 4. The van der Waals surface area contributed by atoms with Gasteiger partial charge in [-0.15, -0.1) is 0 Å². The maximum atomic E-state index is 13.6. The molecule has 1 aromatic heterocycles. The van der Waals surface area contributed by atoms with E-state index in [9.17, 15) is 22.4 Å². The van der Waals surface area contributed by atoms with Gasteiger partial charge in [0.05, 0.1) is 10.6 Å². The van der Waals surface area contributed by atoms with Crippen LogP contribution in [0.4, 0.5) is 10.1 Å². The molecule has 0 bridgehead atoms. The van der Waals surface area contributed by atoms with Crippen LogP contribution in [0.3, 0.4) is 0 Å². The Morgan fingerprint density at radius 3 is 2.41 bits per heavy atom. The molecule has 0 aliphatic rings. The summed E-state index contributed by atoms with van der Waals surface area (Å²) >= 11 is 0. The van der Waals surface area contributed by atoms with Gasteiger partial charge in [-0.25, -0.2) is 17.6 Å². The van der Waals surface area contributed by atoms with Gasteiger partial charge >= 0.3 is 5.69 Å². The molecule has 0 fully saturated rings. The molecule has 27 heavy (non-hydrogen) atoms. The van der Waals surface area contributed by atoms with Crippen molar-refractivity contribution in [1.29, 1.82) is 0 Å². The van der Waals surface area contributed by atoms with E-state index in [-0.39, 0.29) is 10.6 Å². The van der Waals surface area contributed by atoms with Crippen LogP contribution >= 0.6 is 0 Å². The van der Waals surface area contributed by atoms with Crippen molar-refractivity contribution in [3.05, 3.63) is 82.8 Å². The lowest BCUT2D eigenvalue weighted by molar-refractivity contribution is -0.116. The molecule has 140 valence electrons. The van der Waals surface area contributed by atoms with Crippen LogP contribution in [0.25, 0.3) is 0 Å². The highest BCUT2D eigenvalue weighted by Crippen LogP contribution is 2.14. The molecule has 9 heteroatoms. The Morgan fingerprint density at radius 2 is 1.74 bits per heavy atom. The lowest BCUT2D eigenvalue weighted by Crippen LogP contribution is -2.32. The minimum atomic E-state index is -4.08. The molecule has 3 aromatic rings. The Labute approximate surface area is 154 Å². The van der Waals surface area contributed by atoms with Gasteiger partial charge in [0.15, 0.2) is 0 Å². The number of aryl methyl sites for hydroxylation is 1. The Morgan fingerprint density at radius 1 is 1.07 bits per heavy atom. The minimum Gasteiger partial charge on any atom is -0.322 e. The average molecular weight is 389 g/mol. The molecular weight excluding hydrogens is 373 g/mol. The van der Waals surface area contributed by atoms with Gasteiger partial charge in [0.25, 0.3) is 10.0 Å². The van der Waals surface area contributed by atoms with Gasteiger partial charge in [0, 0.05) is 12.4 Å². The third-order valence-corrected chi connectivity index (χ3v) is 5.52. The summed E-state index contributed by atoms with van der Waals surface area (Å²) in [5, 5.41) is 2.34. The number of carbonyl (C=O) groups excluding carboxylic acids is 1. The second kappa shape index (κ2) is 7.20. The van der Waals surface area contributed by atoms with Crippen LogP contribution in [0.2, 0.25) is 0 Å². The highest BCUT2D eigenvalue weighted by atomic mass is 32.2. The third kappa shape index (κ3) is 3.82. The van der Waals surface area contributed by atoms with Crippen LogP contribution in [0.15, 0.2) is 70.6 Å². The van der Waals surface area contributed by atoms with Crippen molar-refractivity contribution >= 4 is 21.6 Å². The number of rotatable bonds is 5. The first-order valence-electron chi connectivity index (χ1n) is 7.93. The van der Waals surface area contributed by atoms with Gasteiger partial charge in [-0.05, 0) is 31.2 Å². The first-order valence-corrected chi connectivity index (χ1v) is 9.37. The van der Waals surface area contributed by atoms with Gasteiger partial charge in [0.1, 0.15) is 12.4 Å². The number of benzene rings is 2. The lowest BCUT2D eigenvalue weighted by atomic mass is 10.2. The van der Waals surface area contributed by atoms with Crippen molar-refractivity contribution in [2.75, 3.05) is 5.32 Å². The second-order valence-electron chi connectivity index (χ2n) is 5.85. The van der Waals surface area contributed by atoms with Crippen molar-refractivity contribution in [1.82, 2.24) is 8.54 Å². The van der Waals surface area contributed by atoms with E-state index < -0.39 is 34.0 Å². The summed E-state index contributed by atoms with van der Waals surface area (Å²) in [4.78, 5) is 24.4. The van der Waals surface area contributed by atoms with E-state index in [1.54, 1.807) is 18.2 Å². The molecule has 7 nitrogen and oxygen atoms in total. The number of aromatic nitrogens is 2. The van der Waals surface area contributed by atoms with Crippen molar-refractivity contribution in [3.8, 4) is 0 Å². The topological polar surface area (TPSA) is 90.2 Å². The number of amides is 1. The van der Waals surface area contributed by atoms with E-state index in [0.717, 1.165) is 16.3 Å². The zero-order chi connectivity index (χ0) is 19.6. The van der Waals surface area contributed by atoms with Crippen molar-refractivity contribution < 1.29 is 17.6 Å². The third-order valence-electron chi connectivity index (χ3n) is 3.86. The summed E-state index contributed by atoms with van der Waals surface area (Å²) in [5.41, 5.74) is -0.0369. The molecule has 1 heterocycles. The summed E-state index contributed by atoms with van der Waals surface area (Å²) in [6.07, 6.45) is 2.27. The molecule has 1 N–H and O–H groups in total. The minimum absolute atomic E-state index is 0.0257. The molecule has 1 amide bonds. The number of para-hydroxylation sites is 1. The molecule has 0 spiro atoms. The Kier molecular flexibility index (Phi) is 4.95. The molecule has 0 radical (unpaired) electrons. The SMILES string of the molecule is Cc1ccc(S(=O)(=O)n2ccn(CC(=O)Nc3ccccc3F)c2=O)cc1. The quantitative estimate of drug-likeness (QED) is 0.722. The van der Waals surface area contributed by atoms with E-state index in [4.69, 9.17) is 0 Å². The van der Waals surface area contributed by atoms with E-state index in [1.807, 2.05) is 6.92 Å². The summed E-state index contributed by atoms with van der Waals surface area (Å²) < 4.78 is 40.3. The fourth-order valence-electron chi connectivity index (χ4n) is 2.43. The molecule has 0 aliphatic heterocycles. The van der Waals surface area contributed by atoms with Crippen molar-refractivity contribution in [3.63, 3.8) is 0 Å². The standard InChI is InChI=1S/C18H16FN3O4S/c1-13-6-8-14(9-7-13)27(25,26)22-11-10-21(18(22)24)12-17(23)20-16-5-3-2-4-15(16)19/h2-11H,12H2,1H3,(H,20,23). The Balaban J connectivity index is 1.83. The fourth-order valence-corrected chi connectivity index (χ4v) is 3.66. The summed E-state index contributed by atoms with van der Waals surface area (Å²) in [6.45, 7) is 1.36. The number of carbonyl (C=O) groups is 1. The highest BCUT2D eigenvalue weighted by Gasteiger charge is 2.21. The number of halogens is 1. The molecular formula is C18H16FN3O4S. The predicted octanol–water partition coefficient (Wildman–Crippen LogP) is 1.97. The number of imidazole rings is 1. The van der Waals surface area contributed by atoms with Crippen LogP contribution < -0.4 is 11.0 Å². The van der Waals surface area contributed by atoms with E-state index in [1.165, 1.54) is 36.5 Å². The maximum Gasteiger partial charge on any atom is 0.342 e. The molecule has 0 saturated heterocycles. The molecule has 0 unspecified atom stereocenters. The van der Waals surface area contributed by atoms with Gasteiger partial charge in [-0.1, -0.05) is 29.8 Å². The Hall–Kier alpha value is -3.20. The molecule has 3 rings (SSSR count). The zero-order valence-corrected chi connectivity index (χ0v) is 15.1. The number of anilines is 1.